The summed E-state index contributed by atoms with van der Waals surface area (Å²) in [6.07, 6.45) is 8.23. The third kappa shape index (κ3) is 5.34. The van der Waals surface area contributed by atoms with Crippen LogP contribution in [0.4, 0.5) is 0 Å². The van der Waals surface area contributed by atoms with E-state index in [1.807, 2.05) is 6.21 Å². The second-order valence-corrected chi connectivity index (χ2v) is 7.42. The summed E-state index contributed by atoms with van der Waals surface area (Å²) in [6, 6.07) is 2.69. The van der Waals surface area contributed by atoms with Crippen LogP contribution in [0.15, 0.2) is 11.2 Å². The summed E-state index contributed by atoms with van der Waals surface area (Å²) in [5, 5.41) is 8.30. The lowest BCUT2D eigenvalue weighted by Gasteiger charge is -2.23. The maximum Gasteiger partial charge on any atom is 0.187 e. The van der Waals surface area contributed by atoms with E-state index in [2.05, 4.69) is 54.2 Å². The molecule has 0 amide bonds. The smallest absolute Gasteiger partial charge is 0.187 e. The molecule has 2 N–H and O–H groups in total. The number of aromatic nitrogens is 1. The Kier molecular flexibility index (Phi) is 6.63. The SMILES string of the molecule is Cc1cc(C=NNC(=S)NC2CCCCC2)c(C)n1CC(C)C. The first-order valence-corrected chi connectivity index (χ1v) is 9.14. The van der Waals surface area contributed by atoms with Gasteiger partial charge in [0.2, 0.25) is 0 Å². The van der Waals surface area contributed by atoms with Crippen molar-refractivity contribution in [1.29, 1.82) is 0 Å². The third-order valence-electron chi connectivity index (χ3n) is 4.47. The Hall–Kier alpha value is -1.36. The van der Waals surface area contributed by atoms with E-state index in [-0.39, 0.29) is 0 Å². The van der Waals surface area contributed by atoms with Crippen molar-refractivity contribution in [2.45, 2.75) is 72.4 Å². The minimum absolute atomic E-state index is 0.509. The molecule has 0 unspecified atom stereocenters. The lowest BCUT2D eigenvalue weighted by Crippen LogP contribution is -2.40. The van der Waals surface area contributed by atoms with Crippen molar-refractivity contribution in [2.75, 3.05) is 0 Å². The monoisotopic (exact) mass is 334 g/mol. The molecule has 5 heteroatoms. The van der Waals surface area contributed by atoms with E-state index in [1.54, 1.807) is 0 Å². The highest BCUT2D eigenvalue weighted by Crippen LogP contribution is 2.17. The van der Waals surface area contributed by atoms with Crippen LogP contribution >= 0.6 is 12.2 Å². The summed E-state index contributed by atoms with van der Waals surface area (Å²) in [5.41, 5.74) is 6.64. The van der Waals surface area contributed by atoms with E-state index in [1.165, 1.54) is 43.5 Å². The maximum absolute atomic E-state index is 5.33. The molecule has 128 valence electrons. The van der Waals surface area contributed by atoms with E-state index in [9.17, 15) is 0 Å². The van der Waals surface area contributed by atoms with E-state index >= 15 is 0 Å². The molecular formula is C18H30N4S. The van der Waals surface area contributed by atoms with Gasteiger partial charge in [-0.15, -0.1) is 0 Å². The molecule has 0 atom stereocenters. The average Bonchev–Trinajstić information content (AvgIpc) is 2.75. The lowest BCUT2D eigenvalue weighted by molar-refractivity contribution is 0.412. The number of rotatable bonds is 5. The molecule has 4 nitrogen and oxygen atoms in total. The molecule has 2 rings (SSSR count). The molecule has 0 aromatic carbocycles. The number of hydrogen-bond acceptors (Lipinski definition) is 2. The Balaban J connectivity index is 1.88. The van der Waals surface area contributed by atoms with Gasteiger partial charge in [0.25, 0.3) is 0 Å². The number of hydrogen-bond donors (Lipinski definition) is 2. The fraction of sp³-hybridized carbons (Fsp3) is 0.667. The van der Waals surface area contributed by atoms with Gasteiger partial charge in [0.05, 0.1) is 6.21 Å². The average molecular weight is 335 g/mol. The van der Waals surface area contributed by atoms with Gasteiger partial charge in [-0.1, -0.05) is 33.1 Å². The standard InChI is InChI=1S/C18H30N4S/c1-13(2)12-22-14(3)10-16(15(22)4)11-19-21-18(23)20-17-8-6-5-7-9-17/h10-11,13,17H,5-9,12H2,1-4H3,(H2,20,21,23). The fourth-order valence-corrected chi connectivity index (χ4v) is 3.45. The van der Waals surface area contributed by atoms with Gasteiger partial charge < -0.3 is 9.88 Å². The topological polar surface area (TPSA) is 41.4 Å². The van der Waals surface area contributed by atoms with E-state index < -0.39 is 0 Å². The van der Waals surface area contributed by atoms with Gasteiger partial charge in [-0.05, 0) is 50.9 Å². The first kappa shape index (κ1) is 18.0. The zero-order valence-corrected chi connectivity index (χ0v) is 15.7. The zero-order chi connectivity index (χ0) is 16.8. The number of nitrogens with one attached hydrogen (secondary N) is 2. The van der Waals surface area contributed by atoms with Gasteiger partial charge in [-0.25, -0.2) is 0 Å². The van der Waals surface area contributed by atoms with Crippen LogP contribution in [0, 0.1) is 19.8 Å². The van der Waals surface area contributed by atoms with Gasteiger partial charge in [0.15, 0.2) is 5.11 Å². The third-order valence-corrected chi connectivity index (χ3v) is 4.68. The van der Waals surface area contributed by atoms with Crippen LogP contribution in [-0.2, 0) is 6.54 Å². The second kappa shape index (κ2) is 8.48. The Morgan fingerprint density at radius 1 is 1.35 bits per heavy atom. The van der Waals surface area contributed by atoms with E-state index in [0.29, 0.717) is 17.1 Å². The van der Waals surface area contributed by atoms with Gasteiger partial charge in [0, 0.05) is 29.5 Å². The summed E-state index contributed by atoms with van der Waals surface area (Å²) in [6.45, 7) is 9.82. The minimum atomic E-state index is 0.509. The molecule has 0 radical (unpaired) electrons. The molecule has 1 aromatic heterocycles. The number of nitrogens with zero attached hydrogens (tertiary/aromatic N) is 2. The van der Waals surface area contributed by atoms with Crippen LogP contribution < -0.4 is 10.7 Å². The van der Waals surface area contributed by atoms with Crippen molar-refractivity contribution in [3.05, 3.63) is 23.0 Å². The van der Waals surface area contributed by atoms with Crippen molar-refractivity contribution in [1.82, 2.24) is 15.3 Å². The Bertz CT molecular complexity index is 554. The first-order chi connectivity index (χ1) is 11.0. The quantitative estimate of drug-likeness (QED) is 0.487. The molecule has 0 bridgehead atoms. The summed E-state index contributed by atoms with van der Waals surface area (Å²) >= 11 is 5.33. The molecule has 23 heavy (non-hydrogen) atoms. The lowest BCUT2D eigenvalue weighted by atomic mass is 9.96. The fourth-order valence-electron chi connectivity index (χ4n) is 3.23. The van der Waals surface area contributed by atoms with Crippen molar-refractivity contribution in [3.8, 4) is 0 Å². The molecule has 1 aromatic rings. The van der Waals surface area contributed by atoms with Crippen molar-refractivity contribution >= 4 is 23.5 Å². The van der Waals surface area contributed by atoms with Crippen molar-refractivity contribution in [3.63, 3.8) is 0 Å². The van der Waals surface area contributed by atoms with Crippen LogP contribution in [0.25, 0.3) is 0 Å². The number of thiocarbonyl (C=S) groups is 1. The van der Waals surface area contributed by atoms with Gasteiger partial charge in [0.1, 0.15) is 0 Å². The van der Waals surface area contributed by atoms with Crippen molar-refractivity contribution < 1.29 is 0 Å². The van der Waals surface area contributed by atoms with Gasteiger partial charge >= 0.3 is 0 Å². The summed E-state index contributed by atoms with van der Waals surface area (Å²) < 4.78 is 2.35. The predicted molar refractivity (Wildman–Crippen MR) is 102 cm³/mol. The largest absolute Gasteiger partial charge is 0.359 e. The molecule has 0 spiro atoms. The summed E-state index contributed by atoms with van der Waals surface area (Å²) in [4.78, 5) is 0. The van der Waals surface area contributed by atoms with Crippen LogP contribution in [0.5, 0.6) is 0 Å². The van der Waals surface area contributed by atoms with Gasteiger partial charge in [-0.3, -0.25) is 5.43 Å². The molecule has 1 heterocycles. The maximum atomic E-state index is 5.33. The van der Waals surface area contributed by atoms with Crippen LogP contribution in [0.1, 0.15) is 62.9 Å². The minimum Gasteiger partial charge on any atom is -0.359 e. The molecular weight excluding hydrogens is 304 g/mol. The molecule has 1 fully saturated rings. The zero-order valence-electron chi connectivity index (χ0n) is 14.9. The second-order valence-electron chi connectivity index (χ2n) is 7.01. The van der Waals surface area contributed by atoms with Gasteiger partial charge in [-0.2, -0.15) is 5.10 Å². The first-order valence-electron chi connectivity index (χ1n) is 8.73. The molecule has 1 aliphatic rings. The Labute approximate surface area is 145 Å². The summed E-state index contributed by atoms with van der Waals surface area (Å²) in [7, 11) is 0. The van der Waals surface area contributed by atoms with Crippen LogP contribution in [0.3, 0.4) is 0 Å². The van der Waals surface area contributed by atoms with Crippen LogP contribution in [0.2, 0.25) is 0 Å². The molecule has 0 aliphatic heterocycles. The highest BCUT2D eigenvalue weighted by atomic mass is 32.1. The normalized spacial score (nSPS) is 16.2. The highest BCUT2D eigenvalue weighted by Gasteiger charge is 2.13. The molecule has 1 aliphatic carbocycles. The molecule has 1 saturated carbocycles. The van der Waals surface area contributed by atoms with E-state index in [4.69, 9.17) is 12.2 Å². The van der Waals surface area contributed by atoms with E-state index in [0.717, 1.165) is 12.1 Å². The van der Waals surface area contributed by atoms with Crippen molar-refractivity contribution in [2.24, 2.45) is 11.0 Å². The molecule has 0 saturated heterocycles. The summed E-state index contributed by atoms with van der Waals surface area (Å²) in [5.74, 6) is 0.634. The Morgan fingerprint density at radius 2 is 2.04 bits per heavy atom. The van der Waals surface area contributed by atoms with Crippen LogP contribution in [-0.4, -0.2) is 21.9 Å². The number of aryl methyl sites for hydroxylation is 1. The predicted octanol–water partition coefficient (Wildman–Crippen LogP) is 3.89. The highest BCUT2D eigenvalue weighted by molar-refractivity contribution is 7.80. The Morgan fingerprint density at radius 3 is 2.70 bits per heavy atom. The number of hydrazone groups is 1.